The summed E-state index contributed by atoms with van der Waals surface area (Å²) in [6.07, 6.45) is 0.391. The lowest BCUT2D eigenvalue weighted by Crippen LogP contribution is -2.35. The van der Waals surface area contributed by atoms with Crippen molar-refractivity contribution in [2.75, 3.05) is 7.11 Å². The van der Waals surface area contributed by atoms with E-state index in [-0.39, 0.29) is 12.0 Å². The minimum Gasteiger partial charge on any atom is -0.469 e. The minimum absolute atomic E-state index is 0.119. The second-order valence-electron chi connectivity index (χ2n) is 4.64. The molecule has 0 aliphatic rings. The maximum Gasteiger partial charge on any atom is 0.307 e. The standard InChI is InChI=1S/C14H20ClNO2/c1-10(2)13(8-14(17)18-3)16-9-11-4-6-12(15)7-5-11/h4-7,10,13,16H,8-9H2,1-3H3. The molecule has 0 fully saturated rings. The molecule has 0 aromatic heterocycles. The largest absolute Gasteiger partial charge is 0.469 e. The van der Waals surface area contributed by atoms with Gasteiger partial charge in [-0.25, -0.2) is 0 Å². The lowest BCUT2D eigenvalue weighted by molar-refractivity contribution is -0.141. The molecule has 0 amide bonds. The van der Waals surface area contributed by atoms with Gasteiger partial charge in [-0.3, -0.25) is 4.79 Å². The van der Waals surface area contributed by atoms with Gasteiger partial charge >= 0.3 is 5.97 Å². The van der Waals surface area contributed by atoms with Crippen LogP contribution in [0.15, 0.2) is 24.3 Å². The predicted octanol–water partition coefficient (Wildman–Crippen LogP) is 3.02. The molecule has 100 valence electrons. The van der Waals surface area contributed by atoms with Crippen molar-refractivity contribution >= 4 is 17.6 Å². The number of carbonyl (C=O) groups is 1. The van der Waals surface area contributed by atoms with Gasteiger partial charge in [-0.2, -0.15) is 0 Å². The Morgan fingerprint density at radius 2 is 1.94 bits per heavy atom. The zero-order valence-corrected chi connectivity index (χ0v) is 11.8. The second-order valence-corrected chi connectivity index (χ2v) is 5.07. The number of rotatable bonds is 6. The maximum absolute atomic E-state index is 11.3. The quantitative estimate of drug-likeness (QED) is 0.807. The van der Waals surface area contributed by atoms with E-state index in [1.54, 1.807) is 0 Å². The zero-order valence-electron chi connectivity index (χ0n) is 11.1. The molecule has 1 unspecified atom stereocenters. The first-order chi connectivity index (χ1) is 8.52. The number of halogens is 1. The number of methoxy groups -OCH3 is 1. The van der Waals surface area contributed by atoms with Gasteiger partial charge < -0.3 is 10.1 Å². The molecule has 0 spiro atoms. The van der Waals surface area contributed by atoms with Gasteiger partial charge in [0.25, 0.3) is 0 Å². The molecule has 3 nitrogen and oxygen atoms in total. The van der Waals surface area contributed by atoms with E-state index in [0.717, 1.165) is 17.1 Å². The van der Waals surface area contributed by atoms with Gasteiger partial charge in [-0.15, -0.1) is 0 Å². The van der Waals surface area contributed by atoms with Crippen molar-refractivity contribution in [1.29, 1.82) is 0 Å². The zero-order chi connectivity index (χ0) is 13.5. The third-order valence-corrected chi connectivity index (χ3v) is 3.15. The van der Waals surface area contributed by atoms with Crippen LogP contribution < -0.4 is 5.32 Å². The van der Waals surface area contributed by atoms with Crippen LogP contribution in [-0.4, -0.2) is 19.1 Å². The average molecular weight is 270 g/mol. The summed E-state index contributed by atoms with van der Waals surface area (Å²) in [5, 5.41) is 4.11. The first-order valence-corrected chi connectivity index (χ1v) is 6.45. The van der Waals surface area contributed by atoms with E-state index in [1.807, 2.05) is 24.3 Å². The summed E-state index contributed by atoms with van der Waals surface area (Å²) in [7, 11) is 1.42. The van der Waals surface area contributed by atoms with Crippen LogP contribution in [0.3, 0.4) is 0 Å². The fourth-order valence-corrected chi connectivity index (χ4v) is 1.78. The molecule has 18 heavy (non-hydrogen) atoms. The third kappa shape index (κ3) is 5.07. The Kier molecular flexibility index (Phi) is 6.16. The van der Waals surface area contributed by atoms with Crippen molar-refractivity contribution in [2.45, 2.75) is 32.9 Å². The summed E-state index contributed by atoms with van der Waals surface area (Å²) in [5.41, 5.74) is 1.15. The molecule has 1 aromatic carbocycles. The highest BCUT2D eigenvalue weighted by molar-refractivity contribution is 6.30. The molecular formula is C14H20ClNO2. The second kappa shape index (κ2) is 7.39. The van der Waals surface area contributed by atoms with Gasteiger partial charge in [0.2, 0.25) is 0 Å². The number of esters is 1. The van der Waals surface area contributed by atoms with Crippen LogP contribution in [0.1, 0.15) is 25.8 Å². The van der Waals surface area contributed by atoms with E-state index in [0.29, 0.717) is 12.3 Å². The Bertz CT molecular complexity index is 376. The van der Waals surface area contributed by atoms with Gasteiger partial charge in [0.15, 0.2) is 0 Å². The summed E-state index contributed by atoms with van der Waals surface area (Å²) < 4.78 is 4.70. The molecule has 1 aromatic rings. The van der Waals surface area contributed by atoms with Crippen molar-refractivity contribution in [3.63, 3.8) is 0 Å². The van der Waals surface area contributed by atoms with Crippen molar-refractivity contribution < 1.29 is 9.53 Å². The molecule has 0 saturated carbocycles. The number of ether oxygens (including phenoxy) is 1. The highest BCUT2D eigenvalue weighted by Crippen LogP contribution is 2.11. The monoisotopic (exact) mass is 269 g/mol. The number of carbonyl (C=O) groups excluding carboxylic acids is 1. The van der Waals surface area contributed by atoms with E-state index in [1.165, 1.54) is 7.11 Å². The highest BCUT2D eigenvalue weighted by Gasteiger charge is 2.17. The van der Waals surface area contributed by atoms with Crippen LogP contribution in [0.25, 0.3) is 0 Å². The molecule has 4 heteroatoms. The topological polar surface area (TPSA) is 38.3 Å². The molecule has 1 rings (SSSR count). The van der Waals surface area contributed by atoms with E-state index >= 15 is 0 Å². The number of hydrogen-bond acceptors (Lipinski definition) is 3. The molecule has 0 radical (unpaired) electrons. The van der Waals surface area contributed by atoms with Crippen molar-refractivity contribution in [3.8, 4) is 0 Å². The maximum atomic E-state index is 11.3. The first-order valence-electron chi connectivity index (χ1n) is 6.07. The van der Waals surface area contributed by atoms with E-state index in [4.69, 9.17) is 16.3 Å². The number of benzene rings is 1. The van der Waals surface area contributed by atoms with Gasteiger partial charge in [0, 0.05) is 17.6 Å². The van der Waals surface area contributed by atoms with Gasteiger partial charge in [0.1, 0.15) is 0 Å². The fourth-order valence-electron chi connectivity index (χ4n) is 1.66. The molecule has 0 aliphatic carbocycles. The summed E-state index contributed by atoms with van der Waals surface area (Å²) in [5.74, 6) is 0.189. The van der Waals surface area contributed by atoms with Crippen LogP contribution >= 0.6 is 11.6 Å². The van der Waals surface area contributed by atoms with Crippen LogP contribution in [0.2, 0.25) is 5.02 Å². The van der Waals surface area contributed by atoms with E-state index in [9.17, 15) is 4.79 Å². The lowest BCUT2D eigenvalue weighted by atomic mass is 10.0. The van der Waals surface area contributed by atoms with Crippen molar-refractivity contribution in [1.82, 2.24) is 5.32 Å². The third-order valence-electron chi connectivity index (χ3n) is 2.90. The van der Waals surface area contributed by atoms with E-state index < -0.39 is 0 Å². The summed E-state index contributed by atoms with van der Waals surface area (Å²) >= 11 is 5.83. The Morgan fingerprint density at radius 3 is 2.44 bits per heavy atom. The molecule has 0 heterocycles. The number of nitrogens with one attached hydrogen (secondary N) is 1. The Labute approximate surface area is 113 Å². The molecule has 0 saturated heterocycles. The highest BCUT2D eigenvalue weighted by atomic mass is 35.5. The van der Waals surface area contributed by atoms with Gasteiger partial charge in [0.05, 0.1) is 13.5 Å². The summed E-state index contributed by atoms with van der Waals surface area (Å²) in [6, 6.07) is 7.80. The molecular weight excluding hydrogens is 250 g/mol. The van der Waals surface area contributed by atoms with Crippen molar-refractivity contribution in [2.24, 2.45) is 5.92 Å². The molecule has 0 aliphatic heterocycles. The predicted molar refractivity (Wildman–Crippen MR) is 73.6 cm³/mol. The van der Waals surface area contributed by atoms with Crippen LogP contribution in [0.4, 0.5) is 0 Å². The van der Waals surface area contributed by atoms with Crippen LogP contribution in [-0.2, 0) is 16.1 Å². The van der Waals surface area contributed by atoms with Crippen LogP contribution in [0, 0.1) is 5.92 Å². The SMILES string of the molecule is COC(=O)CC(NCc1ccc(Cl)cc1)C(C)C. The van der Waals surface area contributed by atoms with Gasteiger partial charge in [-0.1, -0.05) is 37.6 Å². The minimum atomic E-state index is -0.183. The fraction of sp³-hybridized carbons (Fsp3) is 0.500. The molecule has 1 atom stereocenters. The number of hydrogen-bond donors (Lipinski definition) is 1. The Hall–Kier alpha value is -1.06. The Balaban J connectivity index is 2.51. The normalized spacial score (nSPS) is 12.5. The first kappa shape index (κ1) is 15.0. The van der Waals surface area contributed by atoms with E-state index in [2.05, 4.69) is 19.2 Å². The molecule has 0 bridgehead atoms. The average Bonchev–Trinajstić information content (AvgIpc) is 2.35. The summed E-state index contributed by atoms with van der Waals surface area (Å²) in [6.45, 7) is 4.89. The lowest BCUT2D eigenvalue weighted by Gasteiger charge is -2.21. The van der Waals surface area contributed by atoms with Gasteiger partial charge in [-0.05, 0) is 23.6 Å². The molecule has 1 N–H and O–H groups in total. The Morgan fingerprint density at radius 1 is 1.33 bits per heavy atom. The van der Waals surface area contributed by atoms with Crippen LogP contribution in [0.5, 0.6) is 0 Å². The summed E-state index contributed by atoms with van der Waals surface area (Å²) in [4.78, 5) is 11.3. The smallest absolute Gasteiger partial charge is 0.307 e. The van der Waals surface area contributed by atoms with Crippen molar-refractivity contribution in [3.05, 3.63) is 34.9 Å².